The molecule has 1 saturated carbocycles. The number of thiol groups is 1. The number of carbonyl (C=O) groups excluding carboxylic acids is 1. The first kappa shape index (κ1) is 7.31. The third-order valence-electron chi connectivity index (χ3n) is 1.74. The summed E-state index contributed by atoms with van der Waals surface area (Å²) in [7, 11) is 0. The largest absolute Gasteiger partial charge is 0.297 e. The highest BCUT2D eigenvalue weighted by Gasteiger charge is 2.28. The van der Waals surface area contributed by atoms with E-state index in [2.05, 4.69) is 17.6 Å². The Morgan fingerprint density at radius 1 is 1.64 bits per heavy atom. The second-order valence-corrected chi connectivity index (χ2v) is 4.39. The molecule has 0 amide bonds. The van der Waals surface area contributed by atoms with Gasteiger partial charge in [0.05, 0.1) is 10.6 Å². The molecule has 1 aromatic rings. The number of aldehydes is 1. The monoisotopic (exact) mass is 185 g/mol. The van der Waals surface area contributed by atoms with Crippen LogP contribution in [0.15, 0.2) is 4.34 Å². The summed E-state index contributed by atoms with van der Waals surface area (Å²) in [6.07, 6.45) is 3.24. The Labute approximate surface area is 74.1 Å². The molecule has 0 radical (unpaired) electrons. The summed E-state index contributed by atoms with van der Waals surface area (Å²) in [6, 6.07) is 0. The fourth-order valence-corrected chi connectivity index (χ4v) is 2.17. The van der Waals surface area contributed by atoms with E-state index < -0.39 is 0 Å². The van der Waals surface area contributed by atoms with Crippen molar-refractivity contribution in [2.75, 3.05) is 0 Å². The third kappa shape index (κ3) is 1.32. The van der Waals surface area contributed by atoms with Crippen molar-refractivity contribution in [2.45, 2.75) is 23.1 Å². The van der Waals surface area contributed by atoms with Gasteiger partial charge in [-0.2, -0.15) is 0 Å². The summed E-state index contributed by atoms with van der Waals surface area (Å²) >= 11 is 5.47. The molecule has 1 heterocycles. The number of carbonyl (C=O) groups is 1. The first-order chi connectivity index (χ1) is 5.31. The summed E-state index contributed by atoms with van der Waals surface area (Å²) in [6.45, 7) is 0. The molecule has 1 aliphatic carbocycles. The van der Waals surface area contributed by atoms with Gasteiger partial charge in [-0.1, -0.05) is 0 Å². The molecule has 0 unspecified atom stereocenters. The van der Waals surface area contributed by atoms with Crippen molar-refractivity contribution in [1.82, 2.24) is 4.98 Å². The molecule has 2 rings (SSSR count). The first-order valence-corrected chi connectivity index (χ1v) is 4.72. The topological polar surface area (TPSA) is 30.0 Å². The van der Waals surface area contributed by atoms with Crippen molar-refractivity contribution in [2.24, 2.45) is 0 Å². The smallest absolute Gasteiger partial charge is 0.161 e. The van der Waals surface area contributed by atoms with E-state index in [0.29, 0.717) is 10.3 Å². The standard InChI is InChI=1S/C7H7NOS2/c9-3-5-6(4-1-2-4)8-7(10)11-5/h3-4H,1-2H2,(H,8,10). The lowest BCUT2D eigenvalue weighted by atomic mass is 10.3. The fourth-order valence-electron chi connectivity index (χ4n) is 1.07. The second kappa shape index (κ2) is 2.60. The van der Waals surface area contributed by atoms with E-state index in [1.807, 2.05) is 0 Å². The highest BCUT2D eigenvalue weighted by atomic mass is 32.2. The molecule has 0 spiro atoms. The molecule has 0 atom stereocenters. The van der Waals surface area contributed by atoms with Crippen molar-refractivity contribution < 1.29 is 4.79 Å². The van der Waals surface area contributed by atoms with E-state index >= 15 is 0 Å². The van der Waals surface area contributed by atoms with Gasteiger partial charge in [0.15, 0.2) is 6.29 Å². The van der Waals surface area contributed by atoms with Crippen LogP contribution in [0.4, 0.5) is 0 Å². The van der Waals surface area contributed by atoms with Crippen LogP contribution in [0.25, 0.3) is 0 Å². The summed E-state index contributed by atoms with van der Waals surface area (Å²) in [5.41, 5.74) is 0.968. The Hall–Kier alpha value is -0.350. The minimum absolute atomic E-state index is 0.548. The number of aromatic nitrogens is 1. The molecule has 58 valence electrons. The summed E-state index contributed by atoms with van der Waals surface area (Å²) in [5.74, 6) is 0.548. The van der Waals surface area contributed by atoms with Gasteiger partial charge in [0, 0.05) is 5.92 Å². The lowest BCUT2D eigenvalue weighted by Gasteiger charge is -1.87. The van der Waals surface area contributed by atoms with Crippen molar-refractivity contribution >= 4 is 30.3 Å². The lowest BCUT2D eigenvalue weighted by molar-refractivity contribution is 0.112. The van der Waals surface area contributed by atoms with Gasteiger partial charge in [-0.3, -0.25) is 4.79 Å². The molecule has 0 N–H and O–H groups in total. The van der Waals surface area contributed by atoms with Crippen molar-refractivity contribution in [1.29, 1.82) is 0 Å². The van der Waals surface area contributed by atoms with Crippen molar-refractivity contribution in [3.8, 4) is 0 Å². The van der Waals surface area contributed by atoms with Crippen LogP contribution in [0.2, 0.25) is 0 Å². The van der Waals surface area contributed by atoms with E-state index in [-0.39, 0.29) is 0 Å². The van der Waals surface area contributed by atoms with Crippen LogP contribution in [0.3, 0.4) is 0 Å². The zero-order valence-electron chi connectivity index (χ0n) is 5.78. The van der Waals surface area contributed by atoms with E-state index in [9.17, 15) is 4.79 Å². The number of hydrogen-bond donors (Lipinski definition) is 1. The quantitative estimate of drug-likeness (QED) is 0.565. The zero-order valence-corrected chi connectivity index (χ0v) is 7.49. The molecule has 0 bridgehead atoms. The Kier molecular flexibility index (Phi) is 1.73. The average molecular weight is 185 g/mol. The Bertz CT molecular complexity index is 291. The molecule has 0 saturated heterocycles. The van der Waals surface area contributed by atoms with Crippen LogP contribution in [-0.2, 0) is 0 Å². The van der Waals surface area contributed by atoms with Crippen LogP contribution in [0.5, 0.6) is 0 Å². The highest BCUT2D eigenvalue weighted by Crippen LogP contribution is 2.42. The Balaban J connectivity index is 2.41. The number of thiazole rings is 1. The molecule has 2 nitrogen and oxygen atoms in total. The average Bonchev–Trinajstić information content (AvgIpc) is 2.75. The molecular formula is C7H7NOS2. The fraction of sp³-hybridized carbons (Fsp3) is 0.429. The Morgan fingerprint density at radius 3 is 2.91 bits per heavy atom. The van der Waals surface area contributed by atoms with Crippen molar-refractivity contribution in [3.05, 3.63) is 10.6 Å². The zero-order chi connectivity index (χ0) is 7.84. The minimum Gasteiger partial charge on any atom is -0.297 e. The van der Waals surface area contributed by atoms with Crippen LogP contribution in [-0.4, -0.2) is 11.3 Å². The van der Waals surface area contributed by atoms with Crippen LogP contribution in [0, 0.1) is 0 Å². The number of rotatable bonds is 2. The highest BCUT2D eigenvalue weighted by molar-refractivity contribution is 7.82. The maximum absolute atomic E-state index is 10.5. The van der Waals surface area contributed by atoms with Gasteiger partial charge < -0.3 is 0 Å². The van der Waals surface area contributed by atoms with Gasteiger partial charge >= 0.3 is 0 Å². The normalized spacial score (nSPS) is 16.8. The molecule has 0 aliphatic heterocycles. The molecule has 4 heteroatoms. The van der Waals surface area contributed by atoms with Gasteiger partial charge in [0.2, 0.25) is 0 Å². The Morgan fingerprint density at radius 2 is 2.36 bits per heavy atom. The van der Waals surface area contributed by atoms with Gasteiger partial charge in [-0.25, -0.2) is 4.98 Å². The van der Waals surface area contributed by atoms with Gasteiger partial charge in [0.25, 0.3) is 0 Å². The second-order valence-electron chi connectivity index (χ2n) is 2.64. The molecule has 1 fully saturated rings. The minimum atomic E-state index is 0.548. The number of hydrogen-bond acceptors (Lipinski definition) is 4. The van der Waals surface area contributed by atoms with E-state index in [4.69, 9.17) is 0 Å². The molecule has 1 aliphatic rings. The predicted octanol–water partition coefficient (Wildman–Crippen LogP) is 2.12. The van der Waals surface area contributed by atoms with Crippen LogP contribution >= 0.6 is 24.0 Å². The van der Waals surface area contributed by atoms with E-state index in [0.717, 1.165) is 16.9 Å². The molecule has 0 aromatic carbocycles. The first-order valence-electron chi connectivity index (χ1n) is 3.46. The van der Waals surface area contributed by atoms with Crippen LogP contribution in [0.1, 0.15) is 34.1 Å². The van der Waals surface area contributed by atoms with Crippen molar-refractivity contribution in [3.63, 3.8) is 0 Å². The predicted molar refractivity (Wildman–Crippen MR) is 46.7 cm³/mol. The summed E-state index contributed by atoms with van der Waals surface area (Å²) in [4.78, 5) is 15.5. The molecule has 11 heavy (non-hydrogen) atoms. The SMILES string of the molecule is O=Cc1sc(S)nc1C1CC1. The third-order valence-corrected chi connectivity index (χ3v) is 2.91. The number of nitrogens with zero attached hydrogens (tertiary/aromatic N) is 1. The van der Waals surface area contributed by atoms with Gasteiger partial charge in [-0.15, -0.1) is 24.0 Å². The van der Waals surface area contributed by atoms with Crippen LogP contribution < -0.4 is 0 Å². The van der Waals surface area contributed by atoms with Gasteiger partial charge in [-0.05, 0) is 12.8 Å². The molecular weight excluding hydrogens is 178 g/mol. The summed E-state index contributed by atoms with van der Waals surface area (Å²) in [5, 5.41) is 0. The van der Waals surface area contributed by atoms with Gasteiger partial charge in [0.1, 0.15) is 4.34 Å². The van der Waals surface area contributed by atoms with E-state index in [1.54, 1.807) is 0 Å². The maximum Gasteiger partial charge on any atom is 0.161 e. The maximum atomic E-state index is 10.5. The molecule has 1 aromatic heterocycles. The van der Waals surface area contributed by atoms with E-state index in [1.165, 1.54) is 24.2 Å². The summed E-state index contributed by atoms with van der Waals surface area (Å²) < 4.78 is 0.703. The lowest BCUT2D eigenvalue weighted by Crippen LogP contribution is -1.84.